The van der Waals surface area contributed by atoms with Crippen LogP contribution in [0.25, 0.3) is 11.1 Å². The predicted molar refractivity (Wildman–Crippen MR) is 86.0 cm³/mol. The summed E-state index contributed by atoms with van der Waals surface area (Å²) in [6, 6.07) is 11.7. The number of aryl methyl sites for hydroxylation is 1. The summed E-state index contributed by atoms with van der Waals surface area (Å²) < 4.78 is 0. The van der Waals surface area contributed by atoms with Gasteiger partial charge in [-0.3, -0.25) is 4.79 Å². The van der Waals surface area contributed by atoms with Crippen molar-refractivity contribution >= 4 is 23.2 Å². The van der Waals surface area contributed by atoms with Gasteiger partial charge in [0.2, 0.25) is 5.91 Å². The van der Waals surface area contributed by atoms with Crippen LogP contribution in [0.2, 0.25) is 5.02 Å². The molecule has 4 rings (SSSR count). The molecule has 2 aromatic carbocycles. The summed E-state index contributed by atoms with van der Waals surface area (Å²) in [6.07, 6.45) is 2.47. The average molecular weight is 309 g/mol. The standard InChI is InChI=1S/C18H13ClN2O/c19-16-5-11(10-20)4-13(8-16)14-6-12-2-1-3-21-17(22)9-15(7-14)18(12)21/h4-8H,1-3,9H2. The van der Waals surface area contributed by atoms with Crippen LogP contribution in [0.15, 0.2) is 30.3 Å². The molecule has 0 aliphatic carbocycles. The second-order valence-electron chi connectivity index (χ2n) is 5.81. The lowest BCUT2D eigenvalue weighted by Crippen LogP contribution is -2.31. The van der Waals surface area contributed by atoms with Crippen LogP contribution in [0.1, 0.15) is 23.1 Å². The third-order valence-electron chi connectivity index (χ3n) is 4.37. The molecule has 108 valence electrons. The highest BCUT2D eigenvalue weighted by Crippen LogP contribution is 2.40. The molecule has 0 radical (unpaired) electrons. The van der Waals surface area contributed by atoms with E-state index < -0.39 is 0 Å². The molecule has 2 aliphatic heterocycles. The molecule has 0 aromatic heterocycles. The molecule has 1 amide bonds. The van der Waals surface area contributed by atoms with Crippen molar-refractivity contribution < 1.29 is 4.79 Å². The van der Waals surface area contributed by atoms with Crippen LogP contribution in [0.4, 0.5) is 5.69 Å². The zero-order chi connectivity index (χ0) is 15.3. The van der Waals surface area contributed by atoms with Crippen LogP contribution in [0, 0.1) is 11.3 Å². The smallest absolute Gasteiger partial charge is 0.231 e. The Balaban J connectivity index is 1.89. The highest BCUT2D eigenvalue weighted by molar-refractivity contribution is 6.31. The minimum Gasteiger partial charge on any atom is -0.312 e. The highest BCUT2D eigenvalue weighted by Gasteiger charge is 2.32. The number of hydrogen-bond donors (Lipinski definition) is 0. The summed E-state index contributed by atoms with van der Waals surface area (Å²) in [5.74, 6) is 0.192. The SMILES string of the molecule is N#Cc1cc(Cl)cc(-c2cc3c4c(c2)CC(=O)N4CCC3)c1. The van der Waals surface area contributed by atoms with Crippen LogP contribution in [-0.2, 0) is 17.6 Å². The number of hydrogen-bond acceptors (Lipinski definition) is 2. The van der Waals surface area contributed by atoms with Gasteiger partial charge in [-0.15, -0.1) is 0 Å². The lowest BCUT2D eigenvalue weighted by molar-refractivity contribution is -0.117. The van der Waals surface area contributed by atoms with Crippen molar-refractivity contribution in [3.8, 4) is 17.2 Å². The summed E-state index contributed by atoms with van der Waals surface area (Å²) in [7, 11) is 0. The van der Waals surface area contributed by atoms with Crippen molar-refractivity contribution in [3.05, 3.63) is 52.0 Å². The molecule has 4 heteroatoms. The second kappa shape index (κ2) is 4.86. The van der Waals surface area contributed by atoms with Crippen LogP contribution < -0.4 is 4.90 Å². The van der Waals surface area contributed by atoms with Crippen LogP contribution in [0.3, 0.4) is 0 Å². The number of anilines is 1. The number of carbonyl (C=O) groups is 1. The minimum absolute atomic E-state index is 0.192. The zero-order valence-corrected chi connectivity index (χ0v) is 12.7. The normalized spacial score (nSPS) is 15.6. The van der Waals surface area contributed by atoms with Crippen molar-refractivity contribution in [2.75, 3.05) is 11.4 Å². The summed E-state index contributed by atoms with van der Waals surface area (Å²) >= 11 is 6.11. The fraction of sp³-hybridized carbons (Fsp3) is 0.222. The van der Waals surface area contributed by atoms with Gasteiger partial charge in [0, 0.05) is 11.6 Å². The Morgan fingerprint density at radius 2 is 1.86 bits per heavy atom. The summed E-state index contributed by atoms with van der Waals surface area (Å²) in [6.45, 7) is 0.827. The molecule has 2 heterocycles. The largest absolute Gasteiger partial charge is 0.312 e. The molecule has 3 nitrogen and oxygen atoms in total. The molecule has 2 aliphatic rings. The Kier molecular flexibility index (Phi) is 2.95. The molecule has 0 unspecified atom stereocenters. The molecule has 22 heavy (non-hydrogen) atoms. The van der Waals surface area contributed by atoms with Crippen molar-refractivity contribution in [1.82, 2.24) is 0 Å². The fourth-order valence-corrected chi connectivity index (χ4v) is 3.70. The predicted octanol–water partition coefficient (Wildman–Crippen LogP) is 3.71. The van der Waals surface area contributed by atoms with Crippen molar-refractivity contribution in [2.45, 2.75) is 19.3 Å². The van der Waals surface area contributed by atoms with Gasteiger partial charge in [0.05, 0.1) is 23.7 Å². The zero-order valence-electron chi connectivity index (χ0n) is 11.9. The number of carbonyl (C=O) groups excluding carboxylic acids is 1. The number of amides is 1. The average Bonchev–Trinajstić information content (AvgIpc) is 2.84. The first-order valence-electron chi connectivity index (χ1n) is 7.33. The molecule has 2 aromatic rings. The minimum atomic E-state index is 0.192. The van der Waals surface area contributed by atoms with E-state index in [2.05, 4.69) is 18.2 Å². The van der Waals surface area contributed by atoms with Crippen LogP contribution >= 0.6 is 11.6 Å². The van der Waals surface area contributed by atoms with E-state index in [1.807, 2.05) is 17.0 Å². The van der Waals surface area contributed by atoms with Crippen molar-refractivity contribution in [1.29, 1.82) is 5.26 Å². The third kappa shape index (κ3) is 2.00. The second-order valence-corrected chi connectivity index (χ2v) is 6.25. The molecule has 0 atom stereocenters. The number of nitriles is 1. The van der Waals surface area contributed by atoms with E-state index in [1.54, 1.807) is 6.07 Å². The number of benzene rings is 2. The first kappa shape index (κ1) is 13.4. The Morgan fingerprint density at radius 3 is 2.68 bits per heavy atom. The molecule has 0 saturated heterocycles. The maximum absolute atomic E-state index is 12.1. The maximum Gasteiger partial charge on any atom is 0.231 e. The van der Waals surface area contributed by atoms with E-state index >= 15 is 0 Å². The van der Waals surface area contributed by atoms with Crippen molar-refractivity contribution in [2.24, 2.45) is 0 Å². The third-order valence-corrected chi connectivity index (χ3v) is 4.59. The molecule has 0 saturated carbocycles. The lowest BCUT2D eigenvalue weighted by atomic mass is 9.93. The summed E-state index contributed by atoms with van der Waals surface area (Å²) in [5, 5.41) is 9.66. The van der Waals surface area contributed by atoms with E-state index in [-0.39, 0.29) is 5.91 Å². The van der Waals surface area contributed by atoms with Gasteiger partial charge in [0.1, 0.15) is 0 Å². The van der Waals surface area contributed by atoms with Gasteiger partial charge in [-0.25, -0.2) is 0 Å². The van der Waals surface area contributed by atoms with Gasteiger partial charge in [0.15, 0.2) is 0 Å². The van der Waals surface area contributed by atoms with Crippen LogP contribution in [0.5, 0.6) is 0 Å². The van der Waals surface area contributed by atoms with Gasteiger partial charge in [0.25, 0.3) is 0 Å². The lowest BCUT2D eigenvalue weighted by Gasteiger charge is -2.26. The highest BCUT2D eigenvalue weighted by atomic mass is 35.5. The Hall–Kier alpha value is -2.31. The summed E-state index contributed by atoms with van der Waals surface area (Å²) in [5.41, 5.74) is 5.94. The van der Waals surface area contributed by atoms with Gasteiger partial charge >= 0.3 is 0 Å². The van der Waals surface area contributed by atoms with E-state index in [4.69, 9.17) is 16.9 Å². The first-order valence-corrected chi connectivity index (χ1v) is 7.71. The van der Waals surface area contributed by atoms with Gasteiger partial charge in [-0.05, 0) is 65.4 Å². The number of rotatable bonds is 1. The van der Waals surface area contributed by atoms with Crippen molar-refractivity contribution in [3.63, 3.8) is 0 Å². The van der Waals surface area contributed by atoms with E-state index in [1.165, 1.54) is 5.56 Å². The maximum atomic E-state index is 12.1. The fourth-order valence-electron chi connectivity index (χ4n) is 3.47. The van der Waals surface area contributed by atoms with E-state index in [0.717, 1.165) is 41.8 Å². The number of nitrogens with zero attached hydrogens (tertiary/aromatic N) is 2. The Morgan fingerprint density at radius 1 is 1.09 bits per heavy atom. The van der Waals surface area contributed by atoms with E-state index in [9.17, 15) is 4.79 Å². The van der Waals surface area contributed by atoms with E-state index in [0.29, 0.717) is 17.0 Å². The molecule has 0 spiro atoms. The molecular weight excluding hydrogens is 296 g/mol. The van der Waals surface area contributed by atoms with Gasteiger partial charge < -0.3 is 4.90 Å². The Labute approximate surface area is 133 Å². The van der Waals surface area contributed by atoms with Gasteiger partial charge in [-0.1, -0.05) is 11.6 Å². The molecule has 0 N–H and O–H groups in total. The first-order chi connectivity index (χ1) is 10.7. The van der Waals surface area contributed by atoms with Gasteiger partial charge in [-0.2, -0.15) is 5.26 Å². The molecule has 0 fully saturated rings. The molecule has 0 bridgehead atoms. The summed E-state index contributed by atoms with van der Waals surface area (Å²) in [4.78, 5) is 14.0. The molecular formula is C18H13ClN2O. The Bertz CT molecular complexity index is 851. The quantitative estimate of drug-likeness (QED) is 0.806. The number of halogens is 1. The monoisotopic (exact) mass is 308 g/mol. The van der Waals surface area contributed by atoms with Crippen LogP contribution in [-0.4, -0.2) is 12.5 Å². The topological polar surface area (TPSA) is 44.1 Å².